The number of aromatic nitrogens is 3. The first-order valence-corrected chi connectivity index (χ1v) is 8.58. The molecule has 0 aliphatic rings. The molecule has 0 bridgehead atoms. The van der Waals surface area contributed by atoms with Crippen molar-refractivity contribution in [2.75, 3.05) is 6.61 Å². The maximum atomic E-state index is 12.6. The number of nitrogens with zero attached hydrogens (tertiary/aromatic N) is 3. The molecule has 5 nitrogen and oxygen atoms in total. The molecule has 0 aliphatic heterocycles. The molecule has 2 aromatic heterocycles. The largest absolute Gasteiger partial charge is 0.592 e. The Morgan fingerprint density at radius 2 is 1.96 bits per heavy atom. The molecule has 0 spiro atoms. The Labute approximate surface area is 144 Å². The number of ether oxygens (including phenoxy) is 1. The molecule has 1 unspecified atom stereocenters. The van der Waals surface area contributed by atoms with E-state index in [1.54, 1.807) is 19.1 Å². The summed E-state index contributed by atoms with van der Waals surface area (Å²) < 4.78 is 55.9. The Morgan fingerprint density at radius 3 is 2.72 bits per heavy atom. The third-order valence-corrected chi connectivity index (χ3v) is 4.80. The Balaban J connectivity index is 1.80. The molecular weight excluding hydrogens is 355 g/mol. The molecular formula is C16H14F3N3O2S. The number of rotatable bonds is 5. The van der Waals surface area contributed by atoms with E-state index >= 15 is 0 Å². The van der Waals surface area contributed by atoms with E-state index in [-0.39, 0.29) is 11.5 Å². The van der Waals surface area contributed by atoms with E-state index in [9.17, 15) is 17.7 Å². The maximum absolute atomic E-state index is 12.6. The van der Waals surface area contributed by atoms with Crippen molar-refractivity contribution in [3.8, 4) is 5.75 Å². The highest BCUT2D eigenvalue weighted by Crippen LogP contribution is 2.25. The first-order valence-electron chi connectivity index (χ1n) is 7.30. The molecule has 0 radical (unpaired) electrons. The molecule has 132 valence electrons. The van der Waals surface area contributed by atoms with E-state index in [1.807, 2.05) is 12.1 Å². The van der Waals surface area contributed by atoms with Crippen LogP contribution in [0.5, 0.6) is 5.75 Å². The van der Waals surface area contributed by atoms with Crippen LogP contribution in [-0.2, 0) is 17.1 Å². The molecule has 3 rings (SSSR count). The van der Waals surface area contributed by atoms with Crippen LogP contribution in [0, 0.1) is 6.92 Å². The van der Waals surface area contributed by atoms with E-state index in [2.05, 4.69) is 9.97 Å². The summed E-state index contributed by atoms with van der Waals surface area (Å²) in [4.78, 5) is 8.30. The molecule has 2 heterocycles. The van der Waals surface area contributed by atoms with Crippen molar-refractivity contribution < 1.29 is 22.5 Å². The summed E-state index contributed by atoms with van der Waals surface area (Å²) in [5, 5.41) is 0. The second kappa shape index (κ2) is 6.93. The lowest BCUT2D eigenvalue weighted by molar-refractivity contribution is -0.153. The number of benzene rings is 1. The molecule has 0 amide bonds. The Morgan fingerprint density at radius 1 is 1.20 bits per heavy atom. The second-order valence-electron chi connectivity index (χ2n) is 5.31. The third kappa shape index (κ3) is 4.05. The highest BCUT2D eigenvalue weighted by Gasteiger charge is 2.29. The summed E-state index contributed by atoms with van der Waals surface area (Å²) in [5.74, 6) is 0.116. The van der Waals surface area contributed by atoms with Gasteiger partial charge in [-0.1, -0.05) is 12.1 Å². The lowest BCUT2D eigenvalue weighted by atomic mass is 10.2. The normalized spacial score (nSPS) is 13.2. The lowest BCUT2D eigenvalue weighted by Crippen LogP contribution is -2.20. The van der Waals surface area contributed by atoms with Crippen LogP contribution in [-0.4, -0.2) is 31.3 Å². The minimum absolute atomic E-state index is 0.0371. The molecule has 25 heavy (non-hydrogen) atoms. The van der Waals surface area contributed by atoms with Crippen LogP contribution >= 0.6 is 0 Å². The van der Waals surface area contributed by atoms with Gasteiger partial charge in [0.25, 0.3) is 0 Å². The number of para-hydroxylation sites is 2. The van der Waals surface area contributed by atoms with Gasteiger partial charge in [-0.3, -0.25) is 4.98 Å². The predicted octanol–water partition coefficient (Wildman–Crippen LogP) is 3.39. The zero-order valence-electron chi connectivity index (χ0n) is 13.2. The van der Waals surface area contributed by atoms with Gasteiger partial charge in [0, 0.05) is 11.8 Å². The number of halogens is 3. The summed E-state index contributed by atoms with van der Waals surface area (Å²) in [7, 11) is 0. The van der Waals surface area contributed by atoms with E-state index in [0.717, 1.165) is 0 Å². The van der Waals surface area contributed by atoms with E-state index in [0.29, 0.717) is 22.3 Å². The van der Waals surface area contributed by atoms with Crippen LogP contribution in [0.2, 0.25) is 0 Å². The van der Waals surface area contributed by atoms with Gasteiger partial charge in [-0.2, -0.15) is 17.1 Å². The van der Waals surface area contributed by atoms with Gasteiger partial charge in [0.1, 0.15) is 17.6 Å². The van der Waals surface area contributed by atoms with Crippen LogP contribution in [0.25, 0.3) is 11.0 Å². The molecule has 1 aromatic carbocycles. The maximum Gasteiger partial charge on any atom is 0.422 e. The quantitative estimate of drug-likeness (QED) is 0.647. The van der Waals surface area contributed by atoms with Crippen LogP contribution in [0.3, 0.4) is 0 Å². The van der Waals surface area contributed by atoms with Crippen molar-refractivity contribution >= 4 is 22.4 Å². The fourth-order valence-corrected chi connectivity index (χ4v) is 3.50. The first kappa shape index (κ1) is 17.6. The summed E-state index contributed by atoms with van der Waals surface area (Å²) in [5.41, 5.74) is 2.27. The van der Waals surface area contributed by atoms with Crippen molar-refractivity contribution in [3.63, 3.8) is 0 Å². The van der Waals surface area contributed by atoms with Gasteiger partial charge in [-0.15, -0.1) is 0 Å². The van der Waals surface area contributed by atoms with Crippen molar-refractivity contribution in [3.05, 3.63) is 54.1 Å². The molecule has 1 atom stereocenters. The molecule has 0 saturated heterocycles. The fraction of sp³-hybridized carbons (Fsp3) is 0.250. The van der Waals surface area contributed by atoms with Crippen molar-refractivity contribution in [2.24, 2.45) is 0 Å². The SMILES string of the molecule is Cc1c(OCC(F)(F)F)ccnc1C[S+]([O-])n1cnc2ccccc21. The van der Waals surface area contributed by atoms with Gasteiger partial charge < -0.3 is 9.29 Å². The molecule has 9 heteroatoms. The third-order valence-electron chi connectivity index (χ3n) is 3.55. The van der Waals surface area contributed by atoms with Gasteiger partial charge >= 0.3 is 6.18 Å². The Kier molecular flexibility index (Phi) is 4.87. The molecule has 0 aliphatic carbocycles. The average Bonchev–Trinajstić information content (AvgIpc) is 2.99. The number of alkyl halides is 3. The number of pyridine rings is 1. The average molecular weight is 369 g/mol. The van der Waals surface area contributed by atoms with Crippen molar-refractivity contribution in [1.82, 2.24) is 13.9 Å². The second-order valence-corrected chi connectivity index (χ2v) is 6.63. The van der Waals surface area contributed by atoms with Gasteiger partial charge in [0.2, 0.25) is 0 Å². The molecule has 0 N–H and O–H groups in total. The zero-order valence-corrected chi connectivity index (χ0v) is 14.0. The van der Waals surface area contributed by atoms with Gasteiger partial charge in [0.05, 0.1) is 22.6 Å². The topological polar surface area (TPSA) is 63.0 Å². The van der Waals surface area contributed by atoms with Crippen molar-refractivity contribution in [2.45, 2.75) is 18.9 Å². The van der Waals surface area contributed by atoms with Crippen LogP contribution in [0.15, 0.2) is 42.9 Å². The molecule has 0 fully saturated rings. The van der Waals surface area contributed by atoms with Crippen molar-refractivity contribution in [1.29, 1.82) is 0 Å². The first-order chi connectivity index (χ1) is 11.8. The summed E-state index contributed by atoms with van der Waals surface area (Å²) in [6.45, 7) is 0.212. The van der Waals surface area contributed by atoms with Gasteiger partial charge in [0.15, 0.2) is 12.4 Å². The van der Waals surface area contributed by atoms with Crippen LogP contribution < -0.4 is 4.74 Å². The summed E-state index contributed by atoms with van der Waals surface area (Å²) in [6, 6.07) is 8.60. The van der Waals surface area contributed by atoms with Gasteiger partial charge in [-0.25, -0.2) is 4.98 Å². The number of hydrogen-bond acceptors (Lipinski definition) is 4. The predicted molar refractivity (Wildman–Crippen MR) is 87.5 cm³/mol. The van der Waals surface area contributed by atoms with E-state index in [1.165, 1.54) is 22.6 Å². The highest BCUT2D eigenvalue weighted by molar-refractivity contribution is 7.89. The Hall–Kier alpha value is -2.26. The fourth-order valence-electron chi connectivity index (χ4n) is 2.31. The smallest absolute Gasteiger partial charge is 0.422 e. The number of fused-ring (bicyclic) bond motifs is 1. The highest BCUT2D eigenvalue weighted by atomic mass is 32.2. The molecule has 3 aromatic rings. The minimum atomic E-state index is -4.42. The number of imidazole rings is 1. The van der Waals surface area contributed by atoms with Crippen LogP contribution in [0.4, 0.5) is 13.2 Å². The minimum Gasteiger partial charge on any atom is -0.592 e. The van der Waals surface area contributed by atoms with Gasteiger partial charge in [-0.05, 0) is 25.1 Å². The summed E-state index contributed by atoms with van der Waals surface area (Å²) in [6.07, 6.45) is -1.61. The summed E-state index contributed by atoms with van der Waals surface area (Å²) >= 11 is -1.50. The monoisotopic (exact) mass is 369 g/mol. The molecule has 0 saturated carbocycles. The zero-order chi connectivity index (χ0) is 18.0. The van der Waals surface area contributed by atoms with Crippen LogP contribution in [0.1, 0.15) is 11.3 Å². The standard InChI is InChI=1S/C16H14F3N3O2S/c1-11-13(20-7-6-15(11)24-9-16(17,18)19)8-25(23)22-10-21-12-4-2-3-5-14(12)22/h2-7,10H,8-9H2,1H3. The lowest BCUT2D eigenvalue weighted by Gasteiger charge is -2.15. The van der Waals surface area contributed by atoms with E-state index in [4.69, 9.17) is 4.74 Å². The number of hydrogen-bond donors (Lipinski definition) is 0. The van der Waals surface area contributed by atoms with E-state index < -0.39 is 24.1 Å². The Bertz CT molecular complexity index is 882.